The van der Waals surface area contributed by atoms with Gasteiger partial charge in [0.15, 0.2) is 12.4 Å². The summed E-state index contributed by atoms with van der Waals surface area (Å²) in [5.74, 6) is 0.175. The molecule has 0 spiro atoms. The van der Waals surface area contributed by atoms with E-state index in [0.29, 0.717) is 0 Å². The molecule has 2 rings (SSSR count). The topological polar surface area (TPSA) is 70.1 Å². The first-order valence-electron chi connectivity index (χ1n) is 4.42. The minimum atomic E-state index is -1.24. The molecule has 0 aliphatic carbocycles. The molecule has 1 fully saturated rings. The quantitative estimate of drug-likeness (QED) is 0.738. The van der Waals surface area contributed by atoms with Crippen LogP contribution in [0.15, 0.2) is 29.4 Å². The van der Waals surface area contributed by atoms with E-state index < -0.39 is 18.1 Å². The third kappa shape index (κ3) is 1.70. The fourth-order valence-corrected chi connectivity index (χ4v) is 1.42. The number of hydrogen-bond acceptors (Lipinski definition) is 4. The van der Waals surface area contributed by atoms with Gasteiger partial charge in [0.2, 0.25) is 0 Å². The van der Waals surface area contributed by atoms with E-state index in [2.05, 4.69) is 11.6 Å². The molecule has 2 heterocycles. The lowest BCUT2D eigenvalue weighted by molar-refractivity contribution is 0.0939. The van der Waals surface area contributed by atoms with E-state index >= 15 is 0 Å². The van der Waals surface area contributed by atoms with Crippen LogP contribution in [0.1, 0.15) is 12.6 Å². The van der Waals surface area contributed by atoms with Gasteiger partial charge in [-0.3, -0.25) is 4.57 Å². The highest BCUT2D eigenvalue weighted by Crippen LogP contribution is 2.31. The summed E-state index contributed by atoms with van der Waals surface area (Å²) in [5.41, 5.74) is 4.77. The normalized spacial score (nSPS) is 25.3. The van der Waals surface area contributed by atoms with Crippen LogP contribution >= 0.6 is 0 Å². The lowest BCUT2D eigenvalue weighted by atomic mass is 10.3. The third-order valence-corrected chi connectivity index (χ3v) is 2.21. The molecule has 1 aliphatic rings. The number of allylic oxidation sites excluding steroid dienone is 1. The lowest BCUT2D eigenvalue weighted by Gasteiger charge is -2.12. The van der Waals surface area contributed by atoms with Crippen LogP contribution in [-0.2, 0) is 4.74 Å². The van der Waals surface area contributed by atoms with Crippen molar-refractivity contribution in [2.45, 2.75) is 18.8 Å². The summed E-state index contributed by atoms with van der Waals surface area (Å²) in [4.78, 5) is 14.9. The number of halogens is 1. The molecular weight excluding hydrogens is 201 g/mol. The highest BCUT2D eigenvalue weighted by molar-refractivity contribution is 5.23. The third-order valence-electron chi connectivity index (χ3n) is 2.21. The minimum Gasteiger partial charge on any atom is -0.472 e. The van der Waals surface area contributed by atoms with Gasteiger partial charge in [0, 0.05) is 12.6 Å². The number of nitrogen functional groups attached to an aromatic ring is 1. The van der Waals surface area contributed by atoms with Gasteiger partial charge >= 0.3 is 5.69 Å². The molecule has 1 saturated heterocycles. The Hall–Kier alpha value is -1.85. The minimum absolute atomic E-state index is 0.0451. The van der Waals surface area contributed by atoms with E-state index in [-0.39, 0.29) is 18.0 Å². The summed E-state index contributed by atoms with van der Waals surface area (Å²) in [6, 6.07) is 1.46. The molecule has 0 aromatic carbocycles. The average molecular weight is 211 g/mol. The van der Waals surface area contributed by atoms with E-state index in [0.717, 1.165) is 0 Å². The van der Waals surface area contributed by atoms with Crippen LogP contribution in [0.3, 0.4) is 0 Å². The van der Waals surface area contributed by atoms with Crippen LogP contribution in [0.25, 0.3) is 0 Å². The molecule has 2 atom stereocenters. The van der Waals surface area contributed by atoms with Gasteiger partial charge in [-0.15, -0.1) is 0 Å². The van der Waals surface area contributed by atoms with Crippen molar-refractivity contribution in [2.75, 3.05) is 5.73 Å². The predicted octanol–water partition coefficient (Wildman–Crippen LogP) is 0.596. The van der Waals surface area contributed by atoms with Crippen LogP contribution in [0.4, 0.5) is 10.2 Å². The van der Waals surface area contributed by atoms with Crippen molar-refractivity contribution in [2.24, 2.45) is 0 Å². The van der Waals surface area contributed by atoms with Crippen molar-refractivity contribution in [3.05, 3.63) is 35.1 Å². The SMILES string of the molecule is C=C1O[C@@H](n2ccc(N)nc2=O)CC1F. The molecular formula is C9H10FN3O2. The zero-order valence-electron chi connectivity index (χ0n) is 7.89. The number of ether oxygens (including phenoxy) is 1. The number of nitrogens with two attached hydrogens (primary N) is 1. The van der Waals surface area contributed by atoms with Crippen molar-refractivity contribution < 1.29 is 9.13 Å². The lowest BCUT2D eigenvalue weighted by Crippen LogP contribution is -2.26. The Kier molecular flexibility index (Phi) is 2.18. The molecule has 80 valence electrons. The zero-order chi connectivity index (χ0) is 11.0. The Morgan fingerprint density at radius 3 is 3.00 bits per heavy atom. The van der Waals surface area contributed by atoms with Crippen LogP contribution in [0.5, 0.6) is 0 Å². The van der Waals surface area contributed by atoms with Gasteiger partial charge in [-0.25, -0.2) is 9.18 Å². The second-order valence-electron chi connectivity index (χ2n) is 3.28. The van der Waals surface area contributed by atoms with E-state index in [1.807, 2.05) is 0 Å². The summed E-state index contributed by atoms with van der Waals surface area (Å²) < 4.78 is 19.4. The Morgan fingerprint density at radius 1 is 1.73 bits per heavy atom. The Bertz CT molecular complexity index is 457. The summed E-state index contributed by atoms with van der Waals surface area (Å²) in [6.07, 6.45) is -0.405. The van der Waals surface area contributed by atoms with Gasteiger partial charge in [0.1, 0.15) is 11.6 Å². The van der Waals surface area contributed by atoms with Crippen LogP contribution in [-0.4, -0.2) is 15.7 Å². The van der Waals surface area contributed by atoms with Crippen molar-refractivity contribution in [3.63, 3.8) is 0 Å². The first-order chi connectivity index (χ1) is 7.08. The van der Waals surface area contributed by atoms with Crippen LogP contribution in [0.2, 0.25) is 0 Å². The van der Waals surface area contributed by atoms with Crippen molar-refractivity contribution in [3.8, 4) is 0 Å². The molecule has 0 bridgehead atoms. The second kappa shape index (κ2) is 3.38. The Labute approximate surface area is 85.0 Å². The number of aromatic nitrogens is 2. The smallest absolute Gasteiger partial charge is 0.352 e. The summed E-state index contributed by atoms with van der Waals surface area (Å²) >= 11 is 0. The standard InChI is InChI=1S/C9H10FN3O2/c1-5-6(10)4-8(15-5)13-3-2-7(11)12-9(13)14/h2-3,6,8H,1,4H2,(H2,11,12,14)/t6?,8-/m1/s1. The Balaban J connectivity index is 2.32. The molecule has 2 N–H and O–H groups in total. The fraction of sp³-hybridized carbons (Fsp3) is 0.333. The van der Waals surface area contributed by atoms with Gasteiger partial charge in [-0.1, -0.05) is 6.58 Å². The number of nitrogens with zero attached hydrogens (tertiary/aromatic N) is 2. The first kappa shape index (κ1) is 9.70. The maximum Gasteiger partial charge on any atom is 0.352 e. The average Bonchev–Trinajstić information content (AvgIpc) is 2.46. The molecule has 1 aromatic rings. The summed E-state index contributed by atoms with van der Waals surface area (Å²) in [5, 5.41) is 0. The highest BCUT2D eigenvalue weighted by Gasteiger charge is 2.31. The summed E-state index contributed by atoms with van der Waals surface area (Å²) in [6.45, 7) is 3.40. The van der Waals surface area contributed by atoms with E-state index in [1.54, 1.807) is 0 Å². The molecule has 1 unspecified atom stereocenters. The van der Waals surface area contributed by atoms with Gasteiger partial charge in [0.25, 0.3) is 0 Å². The van der Waals surface area contributed by atoms with Gasteiger partial charge in [0.05, 0.1) is 0 Å². The largest absolute Gasteiger partial charge is 0.472 e. The maximum atomic E-state index is 13.1. The molecule has 1 aliphatic heterocycles. The molecule has 15 heavy (non-hydrogen) atoms. The monoisotopic (exact) mass is 211 g/mol. The predicted molar refractivity (Wildman–Crippen MR) is 51.7 cm³/mol. The molecule has 0 amide bonds. The van der Waals surface area contributed by atoms with Crippen LogP contribution in [0, 0.1) is 0 Å². The molecule has 5 nitrogen and oxygen atoms in total. The summed E-state index contributed by atoms with van der Waals surface area (Å²) in [7, 11) is 0. The Morgan fingerprint density at radius 2 is 2.47 bits per heavy atom. The molecule has 1 aromatic heterocycles. The molecule has 0 saturated carbocycles. The number of anilines is 1. The molecule has 0 radical (unpaired) electrons. The zero-order valence-corrected chi connectivity index (χ0v) is 7.89. The van der Waals surface area contributed by atoms with Crippen molar-refractivity contribution >= 4 is 5.82 Å². The molecule has 6 heteroatoms. The van der Waals surface area contributed by atoms with Gasteiger partial charge < -0.3 is 10.5 Å². The van der Waals surface area contributed by atoms with Crippen LogP contribution < -0.4 is 11.4 Å². The highest BCUT2D eigenvalue weighted by atomic mass is 19.1. The second-order valence-corrected chi connectivity index (χ2v) is 3.28. The van der Waals surface area contributed by atoms with Gasteiger partial charge in [-0.05, 0) is 6.07 Å². The van der Waals surface area contributed by atoms with E-state index in [1.165, 1.54) is 16.8 Å². The maximum absolute atomic E-state index is 13.1. The van der Waals surface area contributed by atoms with Crippen molar-refractivity contribution in [1.29, 1.82) is 0 Å². The number of rotatable bonds is 1. The first-order valence-corrected chi connectivity index (χ1v) is 4.42. The van der Waals surface area contributed by atoms with E-state index in [9.17, 15) is 9.18 Å². The van der Waals surface area contributed by atoms with Crippen molar-refractivity contribution in [1.82, 2.24) is 9.55 Å². The number of alkyl halides is 1. The van der Waals surface area contributed by atoms with E-state index in [4.69, 9.17) is 10.5 Å². The van der Waals surface area contributed by atoms with Gasteiger partial charge in [-0.2, -0.15) is 4.98 Å². The fourth-order valence-electron chi connectivity index (χ4n) is 1.42. The number of hydrogen-bond donors (Lipinski definition) is 1.